The number of esters is 1. The van der Waals surface area contributed by atoms with Crippen LogP contribution < -0.4 is 4.74 Å². The van der Waals surface area contributed by atoms with Crippen LogP contribution in [-0.2, 0) is 21.8 Å². The topological polar surface area (TPSA) is 79.1 Å². The van der Waals surface area contributed by atoms with Crippen molar-refractivity contribution in [2.45, 2.75) is 24.4 Å². The van der Waals surface area contributed by atoms with Crippen LogP contribution in [0.2, 0.25) is 0 Å². The van der Waals surface area contributed by atoms with Gasteiger partial charge in [-0.05, 0) is 23.4 Å². The minimum absolute atomic E-state index is 0.00105. The molecule has 7 nitrogen and oxygen atoms in total. The van der Waals surface area contributed by atoms with E-state index in [-0.39, 0.29) is 12.5 Å². The summed E-state index contributed by atoms with van der Waals surface area (Å²) in [5.41, 5.74) is 1.05. The lowest BCUT2D eigenvalue weighted by Crippen LogP contribution is -2.13. The minimum Gasteiger partial charge on any atom is -0.494 e. The summed E-state index contributed by atoms with van der Waals surface area (Å²) < 4.78 is 11.6. The van der Waals surface area contributed by atoms with Gasteiger partial charge in [0.2, 0.25) is 5.16 Å². The van der Waals surface area contributed by atoms with Gasteiger partial charge in [0.1, 0.15) is 12.3 Å². The first-order valence-corrected chi connectivity index (χ1v) is 7.39. The predicted octanol–water partition coefficient (Wildman–Crippen LogP) is 1.54. The van der Waals surface area contributed by atoms with Crippen molar-refractivity contribution in [3.05, 3.63) is 29.8 Å². The molecular formula is C13H16N4O3S. The number of aromatic nitrogens is 4. The molecule has 1 aromatic heterocycles. The van der Waals surface area contributed by atoms with Crippen LogP contribution >= 0.6 is 11.8 Å². The van der Waals surface area contributed by atoms with Crippen molar-refractivity contribution in [3.8, 4) is 5.75 Å². The molecule has 0 radical (unpaired) electrons. The number of rotatable bonds is 7. The lowest BCUT2D eigenvalue weighted by molar-refractivity contribution is -0.141. The zero-order valence-electron chi connectivity index (χ0n) is 11.9. The van der Waals surface area contributed by atoms with Gasteiger partial charge in [-0.3, -0.25) is 4.79 Å². The molecule has 0 N–H and O–H groups in total. The summed E-state index contributed by atoms with van der Waals surface area (Å²) >= 11 is 1.44. The van der Waals surface area contributed by atoms with Gasteiger partial charge in [0.05, 0.1) is 13.7 Å². The molecule has 0 aliphatic carbocycles. The van der Waals surface area contributed by atoms with Crippen molar-refractivity contribution in [1.29, 1.82) is 0 Å². The Morgan fingerprint density at radius 3 is 2.95 bits per heavy atom. The van der Waals surface area contributed by atoms with Crippen LogP contribution in [0.3, 0.4) is 0 Å². The maximum atomic E-state index is 11.3. The molecule has 0 aliphatic heterocycles. The third-order valence-electron chi connectivity index (χ3n) is 2.63. The summed E-state index contributed by atoms with van der Waals surface area (Å²) in [6.45, 7) is 2.56. The van der Waals surface area contributed by atoms with E-state index in [4.69, 9.17) is 4.74 Å². The molecule has 0 saturated carbocycles. The Hall–Kier alpha value is -2.09. The molecule has 0 bridgehead atoms. The molecule has 0 amide bonds. The Bertz CT molecular complexity index is 603. The van der Waals surface area contributed by atoms with Crippen molar-refractivity contribution in [3.63, 3.8) is 0 Å². The lowest BCUT2D eigenvalue weighted by Gasteiger charge is -2.09. The van der Waals surface area contributed by atoms with E-state index in [9.17, 15) is 4.79 Å². The molecule has 112 valence electrons. The Kier molecular flexibility index (Phi) is 5.56. The van der Waals surface area contributed by atoms with E-state index in [1.807, 2.05) is 31.2 Å². The number of hydrogen-bond donors (Lipinski definition) is 0. The fourth-order valence-electron chi connectivity index (χ4n) is 1.65. The normalized spacial score (nSPS) is 10.4. The van der Waals surface area contributed by atoms with Crippen molar-refractivity contribution >= 4 is 17.7 Å². The Morgan fingerprint density at radius 2 is 2.19 bits per heavy atom. The SMILES string of the molecule is CCOc1ccccc1CSc1nnnn1CC(=O)OC. The maximum Gasteiger partial charge on any atom is 0.327 e. The zero-order chi connectivity index (χ0) is 15.1. The number of hydrogen-bond acceptors (Lipinski definition) is 7. The Morgan fingerprint density at radius 1 is 1.38 bits per heavy atom. The second-order valence-corrected chi connectivity index (χ2v) is 4.97. The van der Waals surface area contributed by atoms with Crippen LogP contribution in [0.25, 0.3) is 0 Å². The largest absolute Gasteiger partial charge is 0.494 e. The molecule has 0 aliphatic rings. The van der Waals surface area contributed by atoms with Crippen LogP contribution in [0, 0.1) is 0 Å². The number of benzene rings is 1. The number of methoxy groups -OCH3 is 1. The number of carbonyl (C=O) groups is 1. The third-order valence-corrected chi connectivity index (χ3v) is 3.64. The quantitative estimate of drug-likeness (QED) is 0.567. The Labute approximate surface area is 126 Å². The standard InChI is InChI=1S/C13H16N4O3S/c1-3-20-11-7-5-4-6-10(11)9-21-13-14-15-16-17(13)8-12(18)19-2/h4-7H,3,8-9H2,1-2H3. The first kappa shape index (κ1) is 15.3. The maximum absolute atomic E-state index is 11.3. The van der Waals surface area contributed by atoms with Gasteiger partial charge in [0.25, 0.3) is 0 Å². The van der Waals surface area contributed by atoms with Crippen LogP contribution in [0.4, 0.5) is 0 Å². The van der Waals surface area contributed by atoms with Gasteiger partial charge >= 0.3 is 5.97 Å². The average molecular weight is 308 g/mol. The molecule has 0 atom stereocenters. The molecular weight excluding hydrogens is 292 g/mol. The Balaban J connectivity index is 2.03. The van der Waals surface area contributed by atoms with Crippen LogP contribution in [-0.4, -0.2) is 39.9 Å². The second-order valence-electron chi connectivity index (χ2n) is 4.02. The molecule has 8 heteroatoms. The summed E-state index contributed by atoms with van der Waals surface area (Å²) in [4.78, 5) is 11.3. The van der Waals surface area contributed by atoms with E-state index in [0.29, 0.717) is 17.5 Å². The monoisotopic (exact) mass is 308 g/mol. The molecule has 21 heavy (non-hydrogen) atoms. The number of thioether (sulfide) groups is 1. The fourth-order valence-corrected chi connectivity index (χ4v) is 2.51. The molecule has 0 spiro atoms. The molecule has 1 aromatic carbocycles. The first-order valence-electron chi connectivity index (χ1n) is 6.41. The van der Waals surface area contributed by atoms with E-state index in [2.05, 4.69) is 20.3 Å². The van der Waals surface area contributed by atoms with Crippen molar-refractivity contribution < 1.29 is 14.3 Å². The van der Waals surface area contributed by atoms with Gasteiger partial charge in [0, 0.05) is 11.3 Å². The fraction of sp³-hybridized carbons (Fsp3) is 0.385. The van der Waals surface area contributed by atoms with Crippen LogP contribution in [0.1, 0.15) is 12.5 Å². The highest BCUT2D eigenvalue weighted by molar-refractivity contribution is 7.98. The molecule has 0 unspecified atom stereocenters. The first-order chi connectivity index (χ1) is 10.2. The summed E-state index contributed by atoms with van der Waals surface area (Å²) in [5.74, 6) is 1.11. The minimum atomic E-state index is -0.390. The third kappa shape index (κ3) is 4.19. The van der Waals surface area contributed by atoms with E-state index >= 15 is 0 Å². The highest BCUT2D eigenvalue weighted by Gasteiger charge is 2.12. The zero-order valence-corrected chi connectivity index (χ0v) is 12.7. The van der Waals surface area contributed by atoms with E-state index in [1.54, 1.807) is 0 Å². The molecule has 2 rings (SSSR count). The number of nitrogens with zero attached hydrogens (tertiary/aromatic N) is 4. The van der Waals surface area contributed by atoms with Gasteiger partial charge < -0.3 is 9.47 Å². The van der Waals surface area contributed by atoms with Crippen molar-refractivity contribution in [2.24, 2.45) is 0 Å². The smallest absolute Gasteiger partial charge is 0.327 e. The van der Waals surface area contributed by atoms with Gasteiger partial charge in [-0.2, -0.15) is 0 Å². The van der Waals surface area contributed by atoms with Gasteiger partial charge in [-0.1, -0.05) is 30.0 Å². The van der Waals surface area contributed by atoms with Gasteiger partial charge in [-0.15, -0.1) is 5.10 Å². The van der Waals surface area contributed by atoms with Gasteiger partial charge in [0.15, 0.2) is 0 Å². The predicted molar refractivity (Wildman–Crippen MR) is 77.0 cm³/mol. The number of carbonyl (C=O) groups excluding carboxylic acids is 1. The van der Waals surface area contributed by atoms with E-state index < -0.39 is 0 Å². The molecule has 0 saturated heterocycles. The van der Waals surface area contributed by atoms with E-state index in [0.717, 1.165) is 11.3 Å². The lowest BCUT2D eigenvalue weighted by atomic mass is 10.2. The van der Waals surface area contributed by atoms with Gasteiger partial charge in [-0.25, -0.2) is 4.68 Å². The number of tetrazole rings is 1. The summed E-state index contributed by atoms with van der Waals surface area (Å²) in [6.07, 6.45) is 0. The second kappa shape index (κ2) is 7.63. The highest BCUT2D eigenvalue weighted by Crippen LogP contribution is 2.26. The summed E-state index contributed by atoms with van der Waals surface area (Å²) in [7, 11) is 1.33. The molecule has 0 fully saturated rings. The van der Waals surface area contributed by atoms with Crippen molar-refractivity contribution in [2.75, 3.05) is 13.7 Å². The summed E-state index contributed by atoms with van der Waals surface area (Å²) in [5, 5.41) is 11.8. The van der Waals surface area contributed by atoms with Crippen LogP contribution in [0.15, 0.2) is 29.4 Å². The number of para-hydroxylation sites is 1. The van der Waals surface area contributed by atoms with E-state index in [1.165, 1.54) is 23.6 Å². The highest BCUT2D eigenvalue weighted by atomic mass is 32.2. The van der Waals surface area contributed by atoms with Crippen LogP contribution in [0.5, 0.6) is 5.75 Å². The molecule has 2 aromatic rings. The average Bonchev–Trinajstić information content (AvgIpc) is 2.93. The summed E-state index contributed by atoms with van der Waals surface area (Å²) in [6, 6.07) is 7.81. The molecule has 1 heterocycles. The number of ether oxygens (including phenoxy) is 2. The van der Waals surface area contributed by atoms with Crippen molar-refractivity contribution in [1.82, 2.24) is 20.2 Å².